The molecule has 1 aliphatic rings. The number of alkyl halides is 6. The van der Waals surface area contributed by atoms with Crippen LogP contribution in [-0.4, -0.2) is 83.7 Å². The Hall–Kier alpha value is -3.47. The number of aromatic amines is 1. The first kappa shape index (κ1) is 30.1. The molecule has 1 aliphatic heterocycles. The highest BCUT2D eigenvalue weighted by Gasteiger charge is 2.38. The van der Waals surface area contributed by atoms with E-state index in [9.17, 15) is 35.9 Å². The van der Waals surface area contributed by atoms with Crippen molar-refractivity contribution in [2.24, 2.45) is 0 Å². The van der Waals surface area contributed by atoms with Gasteiger partial charge in [-0.25, -0.2) is 15.1 Å². The van der Waals surface area contributed by atoms with Crippen LogP contribution in [0.25, 0.3) is 0 Å². The van der Waals surface area contributed by atoms with Gasteiger partial charge in [-0.3, -0.25) is 9.59 Å². The molecule has 1 saturated heterocycles. The van der Waals surface area contributed by atoms with Crippen LogP contribution in [0.2, 0.25) is 0 Å². The molecule has 1 amide bonds. The lowest BCUT2D eigenvalue weighted by atomic mass is 10.0. The quantitative estimate of drug-likeness (QED) is 0.253. The Morgan fingerprint density at radius 1 is 1.15 bits per heavy atom. The number of nitrogens with one attached hydrogen (secondary N) is 2. The molecule has 2 N–H and O–H groups in total. The van der Waals surface area contributed by atoms with Crippen molar-refractivity contribution < 1.29 is 40.6 Å². The van der Waals surface area contributed by atoms with Crippen molar-refractivity contribution in [3.05, 3.63) is 40.1 Å². The number of methoxy groups -OCH3 is 1. The Morgan fingerprint density at radius 3 is 2.36 bits per heavy atom. The highest BCUT2D eigenvalue weighted by atomic mass is 19.4. The van der Waals surface area contributed by atoms with Gasteiger partial charge in [-0.2, -0.15) is 31.4 Å². The van der Waals surface area contributed by atoms with Crippen LogP contribution in [0.5, 0.6) is 0 Å². The Labute approximate surface area is 218 Å². The minimum Gasteiger partial charge on any atom is -0.371 e. The van der Waals surface area contributed by atoms with Gasteiger partial charge in [0.2, 0.25) is 11.9 Å². The number of nitrogens with zero attached hydrogens (tertiary/aromatic N) is 5. The number of likely N-dealkylation sites (N-methyl/N-ethyl adjacent to an activating group) is 1. The minimum atomic E-state index is -4.91. The van der Waals surface area contributed by atoms with E-state index < -0.39 is 41.0 Å². The van der Waals surface area contributed by atoms with E-state index in [1.54, 1.807) is 17.0 Å². The molecule has 3 heterocycles. The number of amides is 1. The summed E-state index contributed by atoms with van der Waals surface area (Å²) >= 11 is 0. The molecular weight excluding hydrogens is 540 g/mol. The van der Waals surface area contributed by atoms with E-state index in [4.69, 9.17) is 9.47 Å². The SMILES string of the molecule is CO[C@@H](CCOCC(=O)N(C)C1CCN(c2ncc(C(F)(F)F)cn2)CC1)Nc1cn[nH]c(=O)c1C(F)(F)F. The first-order valence-electron chi connectivity index (χ1n) is 11.7. The molecule has 11 nitrogen and oxygen atoms in total. The van der Waals surface area contributed by atoms with Crippen molar-refractivity contribution in [1.82, 2.24) is 25.1 Å². The fraction of sp³-hybridized carbons (Fsp3) is 0.591. The van der Waals surface area contributed by atoms with E-state index in [1.165, 1.54) is 12.0 Å². The predicted octanol–water partition coefficient (Wildman–Crippen LogP) is 2.52. The average Bonchev–Trinajstić information content (AvgIpc) is 2.88. The number of carbonyl (C=O) groups excluding carboxylic acids is 1. The van der Waals surface area contributed by atoms with Crippen LogP contribution in [0.3, 0.4) is 0 Å². The van der Waals surface area contributed by atoms with Gasteiger partial charge in [-0.15, -0.1) is 0 Å². The molecule has 0 radical (unpaired) electrons. The standard InChI is InChI=1S/C22H27F6N7O4/c1-34(14-3-6-35(7-4-14)20-29-9-13(10-30-20)21(23,24)25)17(36)12-39-8-5-16(38-2)32-15-11-31-33-19(37)18(15)22(26,27)28/h9-11,14,16H,3-8,12H2,1-2H3,(H2,32,33,37)/t16-/m0/s1. The highest BCUT2D eigenvalue weighted by Crippen LogP contribution is 2.32. The van der Waals surface area contributed by atoms with Crippen molar-refractivity contribution in [1.29, 1.82) is 0 Å². The molecule has 0 saturated carbocycles. The normalized spacial score (nSPS) is 15.7. The zero-order chi connectivity index (χ0) is 28.8. The molecular formula is C22H27F6N7O4. The van der Waals surface area contributed by atoms with Gasteiger partial charge in [0.1, 0.15) is 18.4 Å². The summed E-state index contributed by atoms with van der Waals surface area (Å²) in [5.74, 6) is -0.141. The number of anilines is 2. The van der Waals surface area contributed by atoms with E-state index in [0.29, 0.717) is 25.9 Å². The van der Waals surface area contributed by atoms with Gasteiger partial charge in [0.15, 0.2) is 0 Å². The number of piperidine rings is 1. The summed E-state index contributed by atoms with van der Waals surface area (Å²) in [5.41, 5.74) is -4.32. The second-order valence-electron chi connectivity index (χ2n) is 8.69. The summed E-state index contributed by atoms with van der Waals surface area (Å²) in [4.78, 5) is 35.0. The summed E-state index contributed by atoms with van der Waals surface area (Å²) in [6.07, 6.45) is -6.97. The second-order valence-corrected chi connectivity index (χ2v) is 8.69. The molecule has 0 bridgehead atoms. The van der Waals surface area contributed by atoms with Crippen molar-refractivity contribution in [3.8, 4) is 0 Å². The number of hydrogen-bond acceptors (Lipinski definition) is 9. The Kier molecular flexibility index (Phi) is 9.71. The van der Waals surface area contributed by atoms with Gasteiger partial charge >= 0.3 is 12.4 Å². The molecule has 2 aromatic heterocycles. The first-order chi connectivity index (χ1) is 18.3. The van der Waals surface area contributed by atoms with Crippen LogP contribution in [0.15, 0.2) is 23.4 Å². The number of hydrogen-bond donors (Lipinski definition) is 2. The van der Waals surface area contributed by atoms with Gasteiger partial charge < -0.3 is 24.6 Å². The molecule has 0 unspecified atom stereocenters. The van der Waals surface area contributed by atoms with Crippen LogP contribution >= 0.6 is 0 Å². The molecule has 39 heavy (non-hydrogen) atoms. The highest BCUT2D eigenvalue weighted by molar-refractivity contribution is 5.77. The van der Waals surface area contributed by atoms with E-state index in [0.717, 1.165) is 18.6 Å². The summed E-state index contributed by atoms with van der Waals surface area (Å²) in [6, 6.07) is -0.135. The first-order valence-corrected chi connectivity index (χ1v) is 11.7. The maximum absolute atomic E-state index is 13.2. The maximum atomic E-state index is 13.2. The molecule has 17 heteroatoms. The molecule has 2 aromatic rings. The Morgan fingerprint density at radius 2 is 1.79 bits per heavy atom. The number of rotatable bonds is 10. The van der Waals surface area contributed by atoms with Crippen molar-refractivity contribution in [2.75, 3.05) is 50.7 Å². The summed E-state index contributed by atoms with van der Waals surface area (Å²) in [5, 5.41) is 7.58. The van der Waals surface area contributed by atoms with E-state index >= 15 is 0 Å². The Balaban J connectivity index is 1.43. The van der Waals surface area contributed by atoms with Gasteiger partial charge in [0.25, 0.3) is 5.56 Å². The predicted molar refractivity (Wildman–Crippen MR) is 125 cm³/mol. The van der Waals surface area contributed by atoms with E-state index in [2.05, 4.69) is 20.4 Å². The fourth-order valence-corrected chi connectivity index (χ4v) is 3.95. The molecule has 0 aliphatic carbocycles. The Bertz CT molecular complexity index is 1150. The topological polar surface area (TPSA) is 126 Å². The van der Waals surface area contributed by atoms with Crippen LogP contribution < -0.4 is 15.8 Å². The van der Waals surface area contributed by atoms with E-state index in [1.807, 2.05) is 0 Å². The largest absolute Gasteiger partial charge is 0.423 e. The number of halogens is 6. The average molecular weight is 567 g/mol. The van der Waals surface area contributed by atoms with Gasteiger partial charge in [-0.05, 0) is 12.8 Å². The monoisotopic (exact) mass is 567 g/mol. The third-order valence-corrected chi connectivity index (χ3v) is 6.14. The molecule has 3 rings (SSSR count). The maximum Gasteiger partial charge on any atom is 0.423 e. The number of carbonyl (C=O) groups is 1. The molecule has 1 fully saturated rings. The summed E-state index contributed by atoms with van der Waals surface area (Å²) in [7, 11) is 2.87. The molecule has 0 aromatic carbocycles. The summed E-state index contributed by atoms with van der Waals surface area (Å²) < 4.78 is 88.2. The lowest BCUT2D eigenvalue weighted by Gasteiger charge is -2.36. The second kappa shape index (κ2) is 12.6. The van der Waals surface area contributed by atoms with Gasteiger partial charge in [0.05, 0.1) is 24.1 Å². The van der Waals surface area contributed by atoms with Crippen LogP contribution in [0, 0.1) is 0 Å². The number of H-pyrrole nitrogens is 1. The number of aromatic nitrogens is 4. The smallest absolute Gasteiger partial charge is 0.371 e. The molecule has 1 atom stereocenters. The summed E-state index contributed by atoms with van der Waals surface area (Å²) in [6.45, 7) is 0.557. The van der Waals surface area contributed by atoms with Gasteiger partial charge in [-0.1, -0.05) is 0 Å². The fourth-order valence-electron chi connectivity index (χ4n) is 3.95. The third-order valence-electron chi connectivity index (χ3n) is 6.14. The van der Waals surface area contributed by atoms with Crippen molar-refractivity contribution in [2.45, 2.75) is 43.9 Å². The van der Waals surface area contributed by atoms with Crippen molar-refractivity contribution in [3.63, 3.8) is 0 Å². The lowest BCUT2D eigenvalue weighted by molar-refractivity contribution is -0.139. The van der Waals surface area contributed by atoms with Crippen LogP contribution in [0.4, 0.5) is 38.0 Å². The molecule has 0 spiro atoms. The molecule has 216 valence electrons. The zero-order valence-corrected chi connectivity index (χ0v) is 21.0. The van der Waals surface area contributed by atoms with Crippen LogP contribution in [-0.2, 0) is 26.6 Å². The minimum absolute atomic E-state index is 0.0350. The van der Waals surface area contributed by atoms with E-state index in [-0.39, 0.29) is 37.5 Å². The van der Waals surface area contributed by atoms with Crippen LogP contribution in [0.1, 0.15) is 30.4 Å². The van der Waals surface area contributed by atoms with Gasteiger partial charge in [0, 0.05) is 52.1 Å². The lowest BCUT2D eigenvalue weighted by Crippen LogP contribution is -2.47. The number of ether oxygens (including phenoxy) is 2. The zero-order valence-electron chi connectivity index (χ0n) is 21.0. The third kappa shape index (κ3) is 8.01. The van der Waals surface area contributed by atoms with Crippen molar-refractivity contribution >= 4 is 17.5 Å².